The molecule has 0 unspecified atom stereocenters. The largest absolute Gasteiger partial charge is 0.310 e. The van der Waals surface area contributed by atoms with Gasteiger partial charge in [-0.2, -0.15) is 5.26 Å². The van der Waals surface area contributed by atoms with Crippen LogP contribution in [0.2, 0.25) is 5.28 Å². The van der Waals surface area contributed by atoms with Crippen LogP contribution < -0.4 is 0 Å². The summed E-state index contributed by atoms with van der Waals surface area (Å²) in [6.45, 7) is 0.616. The minimum absolute atomic E-state index is 0.437. The Morgan fingerprint density at radius 3 is 2.74 bits per heavy atom. The SMILES string of the molecule is N#Cc1ccc(Cn2c(Cl)nc3cnccc32)cc1. The molecule has 0 amide bonds. The van der Waals surface area contributed by atoms with E-state index in [9.17, 15) is 0 Å². The van der Waals surface area contributed by atoms with Gasteiger partial charge in [0, 0.05) is 6.20 Å². The van der Waals surface area contributed by atoms with Gasteiger partial charge in [-0.1, -0.05) is 12.1 Å². The van der Waals surface area contributed by atoms with Gasteiger partial charge in [-0.05, 0) is 35.4 Å². The number of rotatable bonds is 2. The summed E-state index contributed by atoms with van der Waals surface area (Å²) in [5.41, 5.74) is 3.44. The average molecular weight is 269 g/mol. The van der Waals surface area contributed by atoms with Crippen molar-refractivity contribution in [3.63, 3.8) is 0 Å². The zero-order valence-corrected chi connectivity index (χ0v) is 10.7. The third-order valence-corrected chi connectivity index (χ3v) is 3.22. The third kappa shape index (κ3) is 2.16. The molecule has 92 valence electrons. The van der Waals surface area contributed by atoms with Crippen molar-refractivity contribution in [1.82, 2.24) is 14.5 Å². The minimum atomic E-state index is 0.437. The first-order valence-corrected chi connectivity index (χ1v) is 6.10. The number of pyridine rings is 1. The maximum Gasteiger partial charge on any atom is 0.204 e. The first-order chi connectivity index (χ1) is 9.28. The molecule has 0 aliphatic rings. The number of aromatic nitrogens is 3. The third-order valence-electron chi connectivity index (χ3n) is 2.93. The van der Waals surface area contributed by atoms with E-state index in [1.807, 2.05) is 22.8 Å². The van der Waals surface area contributed by atoms with E-state index in [0.717, 1.165) is 16.6 Å². The predicted molar refractivity (Wildman–Crippen MR) is 72.8 cm³/mol. The summed E-state index contributed by atoms with van der Waals surface area (Å²) in [6.07, 6.45) is 3.41. The van der Waals surface area contributed by atoms with Crippen LogP contribution in [0.15, 0.2) is 42.7 Å². The van der Waals surface area contributed by atoms with Crippen molar-refractivity contribution < 1.29 is 0 Å². The number of hydrogen-bond donors (Lipinski definition) is 0. The molecule has 1 aromatic carbocycles. The number of fused-ring (bicyclic) bond motifs is 1. The lowest BCUT2D eigenvalue weighted by Crippen LogP contribution is -1.99. The summed E-state index contributed by atoms with van der Waals surface area (Å²) >= 11 is 6.15. The minimum Gasteiger partial charge on any atom is -0.310 e. The van der Waals surface area contributed by atoms with Crippen molar-refractivity contribution in [3.05, 3.63) is 59.1 Å². The Labute approximate surface area is 114 Å². The molecule has 0 spiro atoms. The van der Waals surface area contributed by atoms with Crippen LogP contribution in [0.3, 0.4) is 0 Å². The highest BCUT2D eigenvalue weighted by molar-refractivity contribution is 6.29. The molecule has 0 atom stereocenters. The number of benzene rings is 1. The maximum absolute atomic E-state index is 8.78. The normalized spacial score (nSPS) is 10.5. The number of imidazole rings is 1. The van der Waals surface area contributed by atoms with E-state index in [-0.39, 0.29) is 0 Å². The Hall–Kier alpha value is -2.38. The van der Waals surface area contributed by atoms with Crippen LogP contribution in [0.5, 0.6) is 0 Å². The average Bonchev–Trinajstić information content (AvgIpc) is 2.76. The van der Waals surface area contributed by atoms with Gasteiger partial charge in [0.1, 0.15) is 5.52 Å². The first kappa shape index (κ1) is 11.7. The molecular formula is C14H9ClN4. The van der Waals surface area contributed by atoms with E-state index in [0.29, 0.717) is 17.4 Å². The van der Waals surface area contributed by atoms with Crippen molar-refractivity contribution in [2.75, 3.05) is 0 Å². The van der Waals surface area contributed by atoms with Crippen LogP contribution >= 0.6 is 11.6 Å². The second-order valence-electron chi connectivity index (χ2n) is 4.14. The van der Waals surface area contributed by atoms with E-state index in [4.69, 9.17) is 16.9 Å². The van der Waals surface area contributed by atoms with Crippen LogP contribution in [0, 0.1) is 11.3 Å². The summed E-state index contributed by atoms with van der Waals surface area (Å²) in [4.78, 5) is 8.28. The summed E-state index contributed by atoms with van der Waals surface area (Å²) in [7, 11) is 0. The Kier molecular flexibility index (Phi) is 2.90. The molecule has 2 heterocycles. The van der Waals surface area contributed by atoms with E-state index >= 15 is 0 Å². The Morgan fingerprint density at radius 2 is 2.00 bits per heavy atom. The molecule has 5 heteroatoms. The zero-order chi connectivity index (χ0) is 13.2. The highest BCUT2D eigenvalue weighted by Crippen LogP contribution is 2.20. The molecule has 3 aromatic rings. The summed E-state index contributed by atoms with van der Waals surface area (Å²) < 4.78 is 1.92. The van der Waals surface area contributed by atoms with Crippen molar-refractivity contribution in [2.24, 2.45) is 0 Å². The quantitative estimate of drug-likeness (QED) is 0.718. The lowest BCUT2D eigenvalue weighted by molar-refractivity contribution is 0.825. The fourth-order valence-corrected chi connectivity index (χ4v) is 2.21. The molecule has 3 rings (SSSR count). The highest BCUT2D eigenvalue weighted by Gasteiger charge is 2.08. The molecule has 0 saturated carbocycles. The van der Waals surface area contributed by atoms with Gasteiger partial charge in [-0.3, -0.25) is 4.98 Å². The molecule has 0 aliphatic carbocycles. The monoisotopic (exact) mass is 268 g/mol. The van der Waals surface area contributed by atoms with Crippen molar-refractivity contribution in [3.8, 4) is 6.07 Å². The number of nitrogens with zero attached hydrogens (tertiary/aromatic N) is 4. The Bertz CT molecular complexity index is 768. The number of halogens is 1. The van der Waals surface area contributed by atoms with Gasteiger partial charge in [0.15, 0.2) is 0 Å². The smallest absolute Gasteiger partial charge is 0.204 e. The van der Waals surface area contributed by atoms with Crippen molar-refractivity contribution in [1.29, 1.82) is 5.26 Å². The highest BCUT2D eigenvalue weighted by atomic mass is 35.5. The summed E-state index contributed by atoms with van der Waals surface area (Å²) in [6, 6.07) is 11.4. The van der Waals surface area contributed by atoms with Gasteiger partial charge in [-0.15, -0.1) is 0 Å². The molecule has 0 saturated heterocycles. The van der Waals surface area contributed by atoms with E-state index in [1.54, 1.807) is 24.5 Å². The van der Waals surface area contributed by atoms with Crippen molar-refractivity contribution in [2.45, 2.75) is 6.54 Å². The molecule has 19 heavy (non-hydrogen) atoms. The Balaban J connectivity index is 2.00. The fourth-order valence-electron chi connectivity index (χ4n) is 1.97. The van der Waals surface area contributed by atoms with E-state index < -0.39 is 0 Å². The van der Waals surface area contributed by atoms with Crippen LogP contribution in [-0.4, -0.2) is 14.5 Å². The lowest BCUT2D eigenvalue weighted by Gasteiger charge is -2.05. The van der Waals surface area contributed by atoms with Crippen LogP contribution in [-0.2, 0) is 6.54 Å². The van der Waals surface area contributed by atoms with Crippen LogP contribution in [0.25, 0.3) is 11.0 Å². The molecule has 4 nitrogen and oxygen atoms in total. The maximum atomic E-state index is 8.78. The molecule has 0 aliphatic heterocycles. The lowest BCUT2D eigenvalue weighted by atomic mass is 10.1. The summed E-state index contributed by atoms with van der Waals surface area (Å²) in [5, 5.41) is 9.21. The first-order valence-electron chi connectivity index (χ1n) is 5.73. The van der Waals surface area contributed by atoms with Gasteiger partial charge in [0.05, 0.1) is 29.9 Å². The fraction of sp³-hybridized carbons (Fsp3) is 0.0714. The van der Waals surface area contributed by atoms with Crippen LogP contribution in [0.1, 0.15) is 11.1 Å². The second kappa shape index (κ2) is 4.71. The van der Waals surface area contributed by atoms with E-state index in [1.165, 1.54) is 0 Å². The van der Waals surface area contributed by atoms with Crippen LogP contribution in [0.4, 0.5) is 0 Å². The molecular weight excluding hydrogens is 260 g/mol. The molecule has 0 N–H and O–H groups in total. The zero-order valence-electron chi connectivity index (χ0n) is 9.92. The second-order valence-corrected chi connectivity index (χ2v) is 4.48. The molecule has 0 fully saturated rings. The molecule has 0 bridgehead atoms. The van der Waals surface area contributed by atoms with Gasteiger partial charge in [0.25, 0.3) is 0 Å². The topological polar surface area (TPSA) is 54.5 Å². The van der Waals surface area contributed by atoms with Gasteiger partial charge in [-0.25, -0.2) is 4.98 Å². The molecule has 0 radical (unpaired) electrons. The Morgan fingerprint density at radius 1 is 1.21 bits per heavy atom. The van der Waals surface area contributed by atoms with Gasteiger partial charge in [0.2, 0.25) is 5.28 Å². The summed E-state index contributed by atoms with van der Waals surface area (Å²) in [5.74, 6) is 0. The molecule has 2 aromatic heterocycles. The predicted octanol–water partition coefficient (Wildman–Crippen LogP) is 3.00. The number of hydrogen-bond acceptors (Lipinski definition) is 3. The van der Waals surface area contributed by atoms with Gasteiger partial charge >= 0.3 is 0 Å². The number of nitriles is 1. The standard InChI is InChI=1S/C14H9ClN4/c15-14-18-12-8-17-6-5-13(12)19(14)9-11-3-1-10(7-16)2-4-11/h1-6,8H,9H2. The van der Waals surface area contributed by atoms with Gasteiger partial charge < -0.3 is 4.57 Å². The van der Waals surface area contributed by atoms with E-state index in [2.05, 4.69) is 16.0 Å². The van der Waals surface area contributed by atoms with Crippen molar-refractivity contribution >= 4 is 22.6 Å².